The van der Waals surface area contributed by atoms with E-state index < -0.39 is 0 Å². The molecule has 2 aliphatic rings. The van der Waals surface area contributed by atoms with Gasteiger partial charge in [0.1, 0.15) is 0 Å². The van der Waals surface area contributed by atoms with Gasteiger partial charge >= 0.3 is 0 Å². The highest BCUT2D eigenvalue weighted by Gasteiger charge is 2.24. The summed E-state index contributed by atoms with van der Waals surface area (Å²) in [5.74, 6) is 1.25. The van der Waals surface area contributed by atoms with Crippen LogP contribution in [-0.4, -0.2) is 61.4 Å². The second-order valence-electron chi connectivity index (χ2n) is 6.66. The number of piperazine rings is 1. The molecule has 0 spiro atoms. The Morgan fingerprint density at radius 2 is 1.45 bits per heavy atom. The van der Waals surface area contributed by atoms with E-state index >= 15 is 0 Å². The van der Waals surface area contributed by atoms with E-state index in [0.29, 0.717) is 39.0 Å². The molecular weight excluding hydrogens is 278 g/mol. The highest BCUT2D eigenvalue weighted by atomic mass is 16.2. The van der Waals surface area contributed by atoms with Gasteiger partial charge in [-0.15, -0.1) is 0 Å². The molecule has 2 rings (SSSR count). The topological polar surface area (TPSA) is 52.7 Å². The average Bonchev–Trinajstić information content (AvgIpc) is 2.58. The first kappa shape index (κ1) is 17.3. The molecule has 1 aliphatic carbocycles. The lowest BCUT2D eigenvalue weighted by atomic mass is 9.86. The van der Waals surface area contributed by atoms with Crippen LogP contribution >= 0.6 is 0 Å². The Hall–Kier alpha value is -1.10. The summed E-state index contributed by atoms with van der Waals surface area (Å²) < 4.78 is 0. The zero-order valence-corrected chi connectivity index (χ0v) is 14.0. The Kier molecular flexibility index (Phi) is 7.16. The third-order valence-corrected chi connectivity index (χ3v) is 5.07. The maximum absolute atomic E-state index is 12.3. The van der Waals surface area contributed by atoms with E-state index in [9.17, 15) is 9.59 Å². The highest BCUT2D eigenvalue weighted by Crippen LogP contribution is 2.27. The number of hydrogen-bond acceptors (Lipinski definition) is 3. The van der Waals surface area contributed by atoms with E-state index in [1.165, 1.54) is 32.1 Å². The SMILES string of the molecule is CNCCC(=O)N1CCN(C(=O)CCC2CCCCC2)CC1. The van der Waals surface area contributed by atoms with Gasteiger partial charge in [0.05, 0.1) is 0 Å². The van der Waals surface area contributed by atoms with E-state index in [2.05, 4.69) is 5.32 Å². The molecule has 1 saturated carbocycles. The summed E-state index contributed by atoms with van der Waals surface area (Å²) in [7, 11) is 1.86. The Morgan fingerprint density at radius 1 is 0.909 bits per heavy atom. The zero-order valence-electron chi connectivity index (χ0n) is 14.0. The predicted octanol–water partition coefficient (Wildman–Crippen LogP) is 1.63. The van der Waals surface area contributed by atoms with Crippen LogP contribution in [0, 0.1) is 5.92 Å². The second kappa shape index (κ2) is 9.13. The van der Waals surface area contributed by atoms with Crippen molar-refractivity contribution in [3.63, 3.8) is 0 Å². The summed E-state index contributed by atoms with van der Waals surface area (Å²) >= 11 is 0. The minimum atomic E-state index is 0.198. The maximum Gasteiger partial charge on any atom is 0.223 e. The van der Waals surface area contributed by atoms with Crippen molar-refractivity contribution in [2.45, 2.75) is 51.4 Å². The van der Waals surface area contributed by atoms with Crippen molar-refractivity contribution in [3.8, 4) is 0 Å². The molecule has 126 valence electrons. The van der Waals surface area contributed by atoms with Gasteiger partial charge in [-0.05, 0) is 19.4 Å². The molecule has 0 atom stereocenters. The van der Waals surface area contributed by atoms with Crippen molar-refractivity contribution in [1.82, 2.24) is 15.1 Å². The monoisotopic (exact) mass is 309 g/mol. The molecule has 22 heavy (non-hydrogen) atoms. The summed E-state index contributed by atoms with van der Waals surface area (Å²) in [5, 5.41) is 3.00. The van der Waals surface area contributed by atoms with Gasteiger partial charge in [-0.2, -0.15) is 0 Å². The molecule has 5 heteroatoms. The fourth-order valence-corrected chi connectivity index (χ4v) is 3.56. The van der Waals surface area contributed by atoms with E-state index in [1.807, 2.05) is 16.8 Å². The first-order valence-corrected chi connectivity index (χ1v) is 8.91. The summed E-state index contributed by atoms with van der Waals surface area (Å²) in [4.78, 5) is 28.1. The third-order valence-electron chi connectivity index (χ3n) is 5.07. The zero-order chi connectivity index (χ0) is 15.8. The minimum Gasteiger partial charge on any atom is -0.339 e. The van der Waals surface area contributed by atoms with Gasteiger partial charge in [0.2, 0.25) is 11.8 Å². The van der Waals surface area contributed by atoms with Crippen LogP contribution in [-0.2, 0) is 9.59 Å². The van der Waals surface area contributed by atoms with Crippen LogP contribution < -0.4 is 5.32 Å². The number of carbonyl (C=O) groups excluding carboxylic acids is 2. The molecule has 0 aromatic heterocycles. The van der Waals surface area contributed by atoms with Crippen molar-refractivity contribution in [2.24, 2.45) is 5.92 Å². The minimum absolute atomic E-state index is 0.198. The summed E-state index contributed by atoms with van der Waals surface area (Å²) in [6.45, 7) is 3.51. The van der Waals surface area contributed by atoms with Crippen LogP contribution in [0.4, 0.5) is 0 Å². The number of amides is 2. The molecule has 0 unspecified atom stereocenters. The van der Waals surface area contributed by atoms with Crippen LogP contribution in [0.15, 0.2) is 0 Å². The largest absolute Gasteiger partial charge is 0.339 e. The first-order chi connectivity index (χ1) is 10.7. The van der Waals surface area contributed by atoms with Gasteiger partial charge in [-0.3, -0.25) is 9.59 Å². The second-order valence-corrected chi connectivity index (χ2v) is 6.66. The third kappa shape index (κ3) is 5.27. The van der Waals surface area contributed by atoms with Gasteiger partial charge in [0.25, 0.3) is 0 Å². The number of rotatable bonds is 6. The standard InChI is InChI=1S/C17H31N3O2/c1-18-10-9-17(22)20-13-11-19(12-14-20)16(21)8-7-15-5-3-2-4-6-15/h15,18H,2-14H2,1H3. The van der Waals surface area contributed by atoms with E-state index in [1.54, 1.807) is 0 Å². The average molecular weight is 309 g/mol. The molecule has 1 N–H and O–H groups in total. The van der Waals surface area contributed by atoms with Gasteiger partial charge in [0, 0.05) is 45.6 Å². The van der Waals surface area contributed by atoms with Crippen molar-refractivity contribution < 1.29 is 9.59 Å². The Labute approximate surface area is 134 Å². The fraction of sp³-hybridized carbons (Fsp3) is 0.882. The molecule has 0 radical (unpaired) electrons. The molecule has 1 heterocycles. The van der Waals surface area contributed by atoms with Crippen molar-refractivity contribution >= 4 is 11.8 Å². The van der Waals surface area contributed by atoms with Crippen LogP contribution in [0.25, 0.3) is 0 Å². The fourth-order valence-electron chi connectivity index (χ4n) is 3.56. The first-order valence-electron chi connectivity index (χ1n) is 8.91. The molecule has 1 saturated heterocycles. The van der Waals surface area contributed by atoms with Gasteiger partial charge in [-0.1, -0.05) is 32.1 Å². The molecule has 0 bridgehead atoms. The Balaban J connectivity index is 1.65. The van der Waals surface area contributed by atoms with Crippen molar-refractivity contribution in [3.05, 3.63) is 0 Å². The lowest BCUT2D eigenvalue weighted by Crippen LogP contribution is -2.50. The normalized spacial score (nSPS) is 20.2. The summed E-state index contributed by atoms with van der Waals surface area (Å²) in [5.41, 5.74) is 0. The molecule has 2 amide bonds. The highest BCUT2D eigenvalue weighted by molar-refractivity contribution is 5.78. The van der Waals surface area contributed by atoms with E-state index in [4.69, 9.17) is 0 Å². The number of nitrogens with one attached hydrogen (secondary N) is 1. The smallest absolute Gasteiger partial charge is 0.223 e. The number of nitrogens with zero attached hydrogens (tertiary/aromatic N) is 2. The van der Waals surface area contributed by atoms with Crippen LogP contribution in [0.1, 0.15) is 51.4 Å². The Morgan fingerprint density at radius 3 is 2.00 bits per heavy atom. The molecule has 5 nitrogen and oxygen atoms in total. The maximum atomic E-state index is 12.3. The molecule has 0 aromatic rings. The van der Waals surface area contributed by atoms with Gasteiger partial charge in [-0.25, -0.2) is 0 Å². The Bertz CT molecular complexity index is 359. The van der Waals surface area contributed by atoms with Crippen molar-refractivity contribution in [1.29, 1.82) is 0 Å². The predicted molar refractivity (Wildman–Crippen MR) is 87.5 cm³/mol. The summed E-state index contributed by atoms with van der Waals surface area (Å²) in [6.07, 6.45) is 8.96. The summed E-state index contributed by atoms with van der Waals surface area (Å²) in [6, 6.07) is 0. The molecule has 0 aromatic carbocycles. The molecular formula is C17H31N3O2. The number of carbonyl (C=O) groups is 2. The lowest BCUT2D eigenvalue weighted by Gasteiger charge is -2.35. The van der Waals surface area contributed by atoms with E-state index in [0.717, 1.165) is 18.9 Å². The van der Waals surface area contributed by atoms with Gasteiger partial charge in [0.15, 0.2) is 0 Å². The quantitative estimate of drug-likeness (QED) is 0.811. The van der Waals surface area contributed by atoms with Crippen LogP contribution in [0.3, 0.4) is 0 Å². The van der Waals surface area contributed by atoms with E-state index in [-0.39, 0.29) is 11.8 Å². The molecule has 2 fully saturated rings. The van der Waals surface area contributed by atoms with Crippen LogP contribution in [0.5, 0.6) is 0 Å². The van der Waals surface area contributed by atoms with Crippen molar-refractivity contribution in [2.75, 3.05) is 39.8 Å². The van der Waals surface area contributed by atoms with Crippen LogP contribution in [0.2, 0.25) is 0 Å². The molecule has 1 aliphatic heterocycles. The lowest BCUT2D eigenvalue weighted by molar-refractivity contribution is -0.139. The number of hydrogen-bond donors (Lipinski definition) is 1. The van der Waals surface area contributed by atoms with Gasteiger partial charge < -0.3 is 15.1 Å².